The van der Waals surface area contributed by atoms with Crippen LogP contribution in [0.5, 0.6) is 0 Å². The molecule has 1 aromatic heterocycles. The second-order valence-corrected chi connectivity index (χ2v) is 6.38. The summed E-state index contributed by atoms with van der Waals surface area (Å²) in [5.74, 6) is -1.67. The Morgan fingerprint density at radius 1 is 1.22 bits per heavy atom. The molecule has 1 atom stereocenters. The number of aliphatic carboxylic acids is 1. The SMILES string of the molecule is CC(C)C1=NC(c2cccnc2)=C(c2ccc(F)cc2)[N+]1([O-])/C=C/C(=O)O. The van der Waals surface area contributed by atoms with Crippen molar-refractivity contribution >= 4 is 23.2 Å². The number of hydroxylamine groups is 3. The van der Waals surface area contributed by atoms with Gasteiger partial charge in [0.15, 0.2) is 5.70 Å². The third-order valence-corrected chi connectivity index (χ3v) is 4.12. The molecule has 0 saturated carbocycles. The van der Waals surface area contributed by atoms with Crippen molar-refractivity contribution in [1.82, 2.24) is 4.98 Å². The molecule has 1 aliphatic heterocycles. The Morgan fingerprint density at radius 2 is 1.93 bits per heavy atom. The van der Waals surface area contributed by atoms with Crippen LogP contribution in [-0.4, -0.2) is 26.5 Å². The third-order valence-electron chi connectivity index (χ3n) is 4.12. The highest BCUT2D eigenvalue weighted by Gasteiger charge is 2.40. The van der Waals surface area contributed by atoms with Crippen molar-refractivity contribution in [2.45, 2.75) is 13.8 Å². The van der Waals surface area contributed by atoms with E-state index in [1.807, 2.05) is 13.8 Å². The van der Waals surface area contributed by atoms with E-state index in [-0.39, 0.29) is 17.5 Å². The molecule has 6 nitrogen and oxygen atoms in total. The van der Waals surface area contributed by atoms with Crippen molar-refractivity contribution < 1.29 is 18.9 Å². The molecule has 7 heteroatoms. The minimum Gasteiger partial charge on any atom is -0.616 e. The van der Waals surface area contributed by atoms with Gasteiger partial charge in [0, 0.05) is 29.4 Å². The Hall–Kier alpha value is -3.16. The van der Waals surface area contributed by atoms with Gasteiger partial charge in [-0.25, -0.2) is 9.18 Å². The molecule has 3 rings (SSSR count). The minimum atomic E-state index is -1.24. The molecule has 0 radical (unpaired) electrons. The number of quaternary nitrogens is 1. The normalized spacial score (nSPS) is 19.8. The van der Waals surface area contributed by atoms with Gasteiger partial charge in [-0.15, -0.1) is 0 Å². The quantitative estimate of drug-likeness (QED) is 0.491. The highest BCUT2D eigenvalue weighted by molar-refractivity contribution is 6.02. The number of amidine groups is 1. The van der Waals surface area contributed by atoms with Crippen LogP contribution >= 0.6 is 0 Å². The topological polar surface area (TPSA) is 85.6 Å². The number of nitrogens with zero attached hydrogens (tertiary/aromatic N) is 3. The maximum Gasteiger partial charge on any atom is 0.333 e. The van der Waals surface area contributed by atoms with Gasteiger partial charge in [-0.3, -0.25) is 9.63 Å². The summed E-state index contributed by atoms with van der Waals surface area (Å²) < 4.78 is 12.3. The van der Waals surface area contributed by atoms with Crippen molar-refractivity contribution in [1.29, 1.82) is 0 Å². The molecule has 1 N–H and O–H groups in total. The van der Waals surface area contributed by atoms with Gasteiger partial charge in [0.2, 0.25) is 5.84 Å². The Bertz CT molecular complexity index is 950. The van der Waals surface area contributed by atoms with Crippen LogP contribution in [0.15, 0.2) is 66.1 Å². The van der Waals surface area contributed by atoms with Crippen molar-refractivity contribution in [3.8, 4) is 0 Å². The first-order chi connectivity index (χ1) is 12.8. The highest BCUT2D eigenvalue weighted by Crippen LogP contribution is 2.43. The zero-order valence-corrected chi connectivity index (χ0v) is 14.8. The highest BCUT2D eigenvalue weighted by atomic mass is 19.1. The predicted molar refractivity (Wildman–Crippen MR) is 100 cm³/mol. The molecule has 1 aromatic carbocycles. The number of benzene rings is 1. The molecule has 27 heavy (non-hydrogen) atoms. The summed E-state index contributed by atoms with van der Waals surface area (Å²) in [5, 5.41) is 22.9. The summed E-state index contributed by atoms with van der Waals surface area (Å²) in [4.78, 5) is 19.7. The van der Waals surface area contributed by atoms with Gasteiger partial charge in [0.1, 0.15) is 17.7 Å². The van der Waals surface area contributed by atoms with Crippen molar-refractivity contribution in [2.75, 3.05) is 0 Å². The fourth-order valence-corrected chi connectivity index (χ4v) is 2.99. The van der Waals surface area contributed by atoms with E-state index in [1.54, 1.807) is 24.5 Å². The van der Waals surface area contributed by atoms with Crippen molar-refractivity contribution in [3.05, 3.63) is 83.2 Å². The summed E-state index contributed by atoms with van der Waals surface area (Å²) >= 11 is 0. The average molecular weight is 367 g/mol. The molecule has 0 spiro atoms. The standard InChI is InChI=1S/C20H18FN3O3/c1-13(2)20-23-18(15-4-3-10-22-12-15)19(14-5-7-16(21)8-6-14)24(20,27)11-9-17(25)26/h3-13H,1-2H3,(H,25,26)/b11-9+. The first kappa shape index (κ1) is 18.6. The fraction of sp³-hybridized carbons (Fsp3) is 0.150. The van der Waals surface area contributed by atoms with Crippen LogP contribution in [-0.2, 0) is 4.79 Å². The predicted octanol–water partition coefficient (Wildman–Crippen LogP) is 4.03. The Labute approximate surface area is 155 Å². The van der Waals surface area contributed by atoms with Crippen LogP contribution in [0.1, 0.15) is 25.0 Å². The summed E-state index contributed by atoms with van der Waals surface area (Å²) in [6.07, 6.45) is 5.04. The number of pyridine rings is 1. The molecule has 0 aliphatic carbocycles. The lowest BCUT2D eigenvalue weighted by atomic mass is 10.1. The molecule has 138 valence electrons. The van der Waals surface area contributed by atoms with Crippen LogP contribution in [0.4, 0.5) is 4.39 Å². The number of rotatable bonds is 5. The fourth-order valence-electron chi connectivity index (χ4n) is 2.99. The van der Waals surface area contributed by atoms with Gasteiger partial charge in [-0.05, 0) is 36.4 Å². The molecule has 0 amide bonds. The maximum absolute atomic E-state index is 13.9. The second kappa shape index (κ2) is 7.22. The molecular formula is C20H18FN3O3. The van der Waals surface area contributed by atoms with Crippen molar-refractivity contribution in [3.63, 3.8) is 0 Å². The zero-order chi connectivity index (χ0) is 19.6. The van der Waals surface area contributed by atoms with Crippen molar-refractivity contribution in [2.24, 2.45) is 10.9 Å². The molecular weight excluding hydrogens is 349 g/mol. The summed E-state index contributed by atoms with van der Waals surface area (Å²) in [6.45, 7) is 3.62. The van der Waals surface area contributed by atoms with Gasteiger partial charge in [-0.1, -0.05) is 13.8 Å². The van der Waals surface area contributed by atoms with Crippen LogP contribution in [0, 0.1) is 16.9 Å². The lowest BCUT2D eigenvalue weighted by Crippen LogP contribution is -2.41. The maximum atomic E-state index is 13.9. The molecule has 0 saturated heterocycles. The molecule has 0 fully saturated rings. The summed E-state index contributed by atoms with van der Waals surface area (Å²) in [7, 11) is 0. The molecule has 2 heterocycles. The lowest BCUT2D eigenvalue weighted by Gasteiger charge is -2.38. The van der Waals surface area contributed by atoms with E-state index in [9.17, 15) is 14.4 Å². The molecule has 1 unspecified atom stereocenters. The number of aromatic nitrogens is 1. The van der Waals surface area contributed by atoms with Crippen LogP contribution in [0.2, 0.25) is 0 Å². The monoisotopic (exact) mass is 367 g/mol. The minimum absolute atomic E-state index is 0.226. The van der Waals surface area contributed by atoms with Crippen LogP contribution in [0.25, 0.3) is 11.4 Å². The summed E-state index contributed by atoms with van der Waals surface area (Å²) in [6, 6.07) is 8.96. The number of hydrogen-bond donors (Lipinski definition) is 1. The van der Waals surface area contributed by atoms with E-state index in [0.717, 1.165) is 12.3 Å². The van der Waals surface area contributed by atoms with Crippen LogP contribution in [0.3, 0.4) is 0 Å². The molecule has 2 aromatic rings. The second-order valence-electron chi connectivity index (χ2n) is 6.38. The number of carbonyl (C=O) groups is 1. The van der Waals surface area contributed by atoms with E-state index in [0.29, 0.717) is 16.8 Å². The lowest BCUT2D eigenvalue weighted by molar-refractivity contribution is -0.648. The smallest absolute Gasteiger partial charge is 0.333 e. The van der Waals surface area contributed by atoms with Crippen LogP contribution < -0.4 is 0 Å². The number of halogens is 1. The van der Waals surface area contributed by atoms with Gasteiger partial charge in [0.25, 0.3) is 0 Å². The van der Waals surface area contributed by atoms with E-state index >= 15 is 0 Å². The van der Waals surface area contributed by atoms with Gasteiger partial charge < -0.3 is 10.3 Å². The van der Waals surface area contributed by atoms with E-state index in [1.165, 1.54) is 24.3 Å². The Morgan fingerprint density at radius 3 is 2.48 bits per heavy atom. The summed E-state index contributed by atoms with van der Waals surface area (Å²) in [5.41, 5.74) is 1.70. The largest absolute Gasteiger partial charge is 0.616 e. The van der Waals surface area contributed by atoms with E-state index in [4.69, 9.17) is 5.11 Å². The Balaban J connectivity index is 2.30. The molecule has 1 aliphatic rings. The molecule has 0 bridgehead atoms. The van der Waals surface area contributed by atoms with Gasteiger partial charge in [0.05, 0.1) is 6.08 Å². The van der Waals surface area contributed by atoms with E-state index < -0.39 is 16.4 Å². The average Bonchev–Trinajstić information content (AvgIpc) is 2.95. The Kier molecular flexibility index (Phi) is 4.98. The number of hydrogen-bond acceptors (Lipinski definition) is 4. The first-order valence-corrected chi connectivity index (χ1v) is 8.35. The number of carboxylic acids is 1. The van der Waals surface area contributed by atoms with E-state index in [2.05, 4.69) is 9.98 Å². The number of aliphatic imine (C=N–C) groups is 1. The van der Waals surface area contributed by atoms with Gasteiger partial charge in [-0.2, -0.15) is 4.99 Å². The number of carboxylic acid groups (broad SMARTS) is 1. The third kappa shape index (κ3) is 3.55. The van der Waals surface area contributed by atoms with Gasteiger partial charge >= 0.3 is 5.97 Å². The zero-order valence-electron chi connectivity index (χ0n) is 14.8. The first-order valence-electron chi connectivity index (χ1n) is 8.35.